The minimum absolute atomic E-state index is 0.125. The van der Waals surface area contributed by atoms with E-state index in [0.29, 0.717) is 41.3 Å². The Bertz CT molecular complexity index is 1280. The molecule has 1 aliphatic rings. The molecule has 3 heterocycles. The first-order valence-corrected chi connectivity index (χ1v) is 11.6. The number of rotatable bonds is 7. The number of fused-ring (bicyclic) bond motifs is 1. The monoisotopic (exact) mass is 477 g/mol. The van der Waals surface area contributed by atoms with Gasteiger partial charge in [-0.3, -0.25) is 14.3 Å². The Morgan fingerprint density at radius 2 is 1.82 bits per heavy atom. The average Bonchev–Trinajstić information content (AvgIpc) is 3.31. The Labute approximate surface area is 199 Å². The van der Waals surface area contributed by atoms with Crippen LogP contribution in [0.3, 0.4) is 0 Å². The Morgan fingerprint density at radius 3 is 2.62 bits per heavy atom. The van der Waals surface area contributed by atoms with Gasteiger partial charge in [0, 0.05) is 23.6 Å². The molecule has 0 saturated heterocycles. The van der Waals surface area contributed by atoms with E-state index in [4.69, 9.17) is 9.47 Å². The molecule has 1 unspecified atom stereocenters. The molecule has 34 heavy (non-hydrogen) atoms. The summed E-state index contributed by atoms with van der Waals surface area (Å²) in [6.07, 6.45) is 3.05. The molecular formula is C24H20FN5O3S. The largest absolute Gasteiger partial charge is 0.486 e. The van der Waals surface area contributed by atoms with Gasteiger partial charge in [0.2, 0.25) is 5.91 Å². The normalized spacial score (nSPS) is 14.6. The molecule has 1 aliphatic heterocycles. The molecule has 0 fully saturated rings. The molecular weight excluding hydrogens is 457 g/mol. The fraction of sp³-hybridized carbons (Fsp3) is 0.167. The van der Waals surface area contributed by atoms with Crippen molar-refractivity contribution in [3.8, 4) is 28.6 Å². The lowest BCUT2D eigenvalue weighted by Crippen LogP contribution is -2.41. The summed E-state index contributed by atoms with van der Waals surface area (Å²) in [4.78, 5) is 16.6. The third-order valence-electron chi connectivity index (χ3n) is 5.08. The number of nitrogens with zero attached hydrogens (tertiary/aromatic N) is 4. The maximum atomic E-state index is 13.5. The summed E-state index contributed by atoms with van der Waals surface area (Å²) < 4.78 is 26.9. The quantitative estimate of drug-likeness (QED) is 0.407. The van der Waals surface area contributed by atoms with Crippen molar-refractivity contribution in [3.63, 3.8) is 0 Å². The summed E-state index contributed by atoms with van der Waals surface area (Å²) in [5.41, 5.74) is 1.49. The summed E-state index contributed by atoms with van der Waals surface area (Å²) >= 11 is 1.24. The lowest BCUT2D eigenvalue weighted by Gasteiger charge is -2.26. The molecule has 1 amide bonds. The van der Waals surface area contributed by atoms with E-state index in [2.05, 4.69) is 20.5 Å². The van der Waals surface area contributed by atoms with Crippen LogP contribution in [0.15, 0.2) is 78.2 Å². The van der Waals surface area contributed by atoms with Crippen molar-refractivity contribution in [2.45, 2.75) is 11.3 Å². The van der Waals surface area contributed by atoms with Gasteiger partial charge in [-0.05, 0) is 48.5 Å². The van der Waals surface area contributed by atoms with Crippen molar-refractivity contribution in [1.29, 1.82) is 0 Å². The molecule has 8 nitrogen and oxygen atoms in total. The van der Waals surface area contributed by atoms with E-state index in [1.54, 1.807) is 29.1 Å². The van der Waals surface area contributed by atoms with Gasteiger partial charge in [-0.2, -0.15) is 0 Å². The molecule has 1 atom stereocenters. The average molecular weight is 478 g/mol. The van der Waals surface area contributed by atoms with Gasteiger partial charge in [-0.1, -0.05) is 23.9 Å². The van der Waals surface area contributed by atoms with Crippen LogP contribution in [-0.4, -0.2) is 50.7 Å². The van der Waals surface area contributed by atoms with Crippen molar-refractivity contribution >= 4 is 17.7 Å². The first-order chi connectivity index (χ1) is 16.7. The predicted molar refractivity (Wildman–Crippen MR) is 125 cm³/mol. The maximum absolute atomic E-state index is 13.5. The molecule has 0 saturated carbocycles. The number of aromatic nitrogens is 4. The van der Waals surface area contributed by atoms with Gasteiger partial charge >= 0.3 is 0 Å². The Hall–Kier alpha value is -3.92. The first-order valence-electron chi connectivity index (χ1n) is 10.6. The molecule has 4 aromatic rings. The van der Waals surface area contributed by atoms with Crippen molar-refractivity contribution in [3.05, 3.63) is 78.9 Å². The number of halogens is 1. The molecule has 5 rings (SSSR count). The molecule has 172 valence electrons. The van der Waals surface area contributed by atoms with Crippen LogP contribution in [0.1, 0.15) is 0 Å². The van der Waals surface area contributed by atoms with Crippen LogP contribution in [0.25, 0.3) is 17.1 Å². The number of thioether (sulfide) groups is 1. The van der Waals surface area contributed by atoms with E-state index < -0.39 is 0 Å². The van der Waals surface area contributed by atoms with Gasteiger partial charge in [0.25, 0.3) is 0 Å². The van der Waals surface area contributed by atoms with Crippen molar-refractivity contribution < 1.29 is 18.7 Å². The first kappa shape index (κ1) is 21.9. The lowest BCUT2D eigenvalue weighted by atomic mass is 10.2. The number of ether oxygens (including phenoxy) is 2. The molecule has 1 N–H and O–H groups in total. The van der Waals surface area contributed by atoms with Crippen molar-refractivity contribution in [2.75, 3.05) is 18.9 Å². The molecule has 0 aliphatic carbocycles. The van der Waals surface area contributed by atoms with Crippen LogP contribution >= 0.6 is 11.8 Å². The second-order valence-electron chi connectivity index (χ2n) is 7.44. The summed E-state index contributed by atoms with van der Waals surface area (Å²) in [5.74, 6) is 1.55. The van der Waals surface area contributed by atoms with Gasteiger partial charge in [0.1, 0.15) is 18.5 Å². The predicted octanol–water partition coefficient (Wildman–Crippen LogP) is 3.52. The highest BCUT2D eigenvalue weighted by atomic mass is 32.2. The number of carbonyl (C=O) groups excluding carboxylic acids is 1. The number of benzene rings is 2. The summed E-state index contributed by atoms with van der Waals surface area (Å²) in [6.45, 7) is 0.680. The topological polar surface area (TPSA) is 91.2 Å². The maximum Gasteiger partial charge on any atom is 0.230 e. The molecule has 10 heteroatoms. The smallest absolute Gasteiger partial charge is 0.230 e. The number of hydrogen-bond acceptors (Lipinski definition) is 7. The fourth-order valence-electron chi connectivity index (χ4n) is 3.45. The number of amides is 1. The van der Waals surface area contributed by atoms with Gasteiger partial charge in [-0.15, -0.1) is 10.2 Å². The second-order valence-corrected chi connectivity index (χ2v) is 8.39. The van der Waals surface area contributed by atoms with E-state index >= 15 is 0 Å². The SMILES string of the molecule is O=C(CSc1nnc(-c2ccncc2)n1-c1ccc(F)cc1)NCC1COc2ccccc2O1. The van der Waals surface area contributed by atoms with Crippen LogP contribution in [-0.2, 0) is 4.79 Å². The number of hydrogen-bond donors (Lipinski definition) is 1. The minimum atomic E-state index is -0.340. The number of carbonyl (C=O) groups is 1. The zero-order valence-electron chi connectivity index (χ0n) is 17.9. The van der Waals surface area contributed by atoms with E-state index in [9.17, 15) is 9.18 Å². The second kappa shape index (κ2) is 9.92. The van der Waals surface area contributed by atoms with Crippen molar-refractivity contribution in [2.24, 2.45) is 0 Å². The highest BCUT2D eigenvalue weighted by Crippen LogP contribution is 2.31. The van der Waals surface area contributed by atoms with Crippen LogP contribution in [0.5, 0.6) is 11.5 Å². The van der Waals surface area contributed by atoms with Crippen LogP contribution in [0.4, 0.5) is 4.39 Å². The fourth-order valence-corrected chi connectivity index (χ4v) is 4.23. The molecule has 2 aromatic carbocycles. The molecule has 0 bridgehead atoms. The van der Waals surface area contributed by atoms with E-state index in [-0.39, 0.29) is 23.6 Å². The summed E-state index contributed by atoms with van der Waals surface area (Å²) in [7, 11) is 0. The van der Waals surface area contributed by atoms with Crippen LogP contribution in [0, 0.1) is 5.82 Å². The van der Waals surface area contributed by atoms with Crippen molar-refractivity contribution in [1.82, 2.24) is 25.1 Å². The molecule has 0 radical (unpaired) electrons. The Kier molecular flexibility index (Phi) is 6.39. The van der Waals surface area contributed by atoms with Gasteiger partial charge in [0.15, 0.2) is 22.5 Å². The standard InChI is InChI=1S/C24H20FN5O3S/c25-17-5-7-18(8-6-17)30-23(16-9-11-26-12-10-16)28-29-24(30)34-15-22(31)27-13-19-14-32-20-3-1-2-4-21(20)33-19/h1-12,19H,13-15H2,(H,27,31). The third-order valence-corrected chi connectivity index (χ3v) is 6.01. The number of para-hydroxylation sites is 2. The summed E-state index contributed by atoms with van der Waals surface area (Å²) in [6, 6.07) is 17.1. The lowest BCUT2D eigenvalue weighted by molar-refractivity contribution is -0.119. The highest BCUT2D eigenvalue weighted by molar-refractivity contribution is 7.99. The zero-order valence-corrected chi connectivity index (χ0v) is 18.7. The molecule has 0 spiro atoms. The van der Waals surface area contributed by atoms with Crippen LogP contribution in [0.2, 0.25) is 0 Å². The van der Waals surface area contributed by atoms with E-state index in [1.165, 1.54) is 23.9 Å². The molecule has 2 aromatic heterocycles. The minimum Gasteiger partial charge on any atom is -0.486 e. The van der Waals surface area contributed by atoms with Gasteiger partial charge in [-0.25, -0.2) is 4.39 Å². The summed E-state index contributed by atoms with van der Waals surface area (Å²) in [5, 5.41) is 12.0. The number of pyridine rings is 1. The Morgan fingerprint density at radius 1 is 1.06 bits per heavy atom. The van der Waals surface area contributed by atoms with Crippen LogP contribution < -0.4 is 14.8 Å². The Balaban J connectivity index is 1.26. The third kappa shape index (κ3) is 4.86. The zero-order chi connectivity index (χ0) is 23.3. The van der Waals surface area contributed by atoms with Gasteiger partial charge < -0.3 is 14.8 Å². The number of nitrogens with one attached hydrogen (secondary N) is 1. The highest BCUT2D eigenvalue weighted by Gasteiger charge is 2.22. The van der Waals surface area contributed by atoms with E-state index in [1.807, 2.05) is 36.4 Å². The van der Waals surface area contributed by atoms with Gasteiger partial charge in [0.05, 0.1) is 12.3 Å². The van der Waals surface area contributed by atoms with E-state index in [0.717, 1.165) is 5.56 Å².